The highest BCUT2D eigenvalue weighted by atomic mass is 79.9. The fraction of sp³-hybridized carbons (Fsp3) is 0.350. The zero-order valence-electron chi connectivity index (χ0n) is 14.1. The highest BCUT2D eigenvalue weighted by Crippen LogP contribution is 2.25. The average molecular weight is 374 g/mol. The van der Waals surface area contributed by atoms with Crippen LogP contribution in [0.25, 0.3) is 0 Å². The van der Waals surface area contributed by atoms with Gasteiger partial charge in [0, 0.05) is 4.47 Å². The van der Waals surface area contributed by atoms with E-state index in [0.717, 1.165) is 10.0 Å². The van der Waals surface area contributed by atoms with Gasteiger partial charge in [-0.1, -0.05) is 64.1 Å². The zero-order valence-corrected chi connectivity index (χ0v) is 15.7. The van der Waals surface area contributed by atoms with Crippen molar-refractivity contribution >= 4 is 21.8 Å². The van der Waals surface area contributed by atoms with Crippen molar-refractivity contribution < 1.29 is 4.79 Å². The number of carbonyl (C=O) groups is 1. The molecule has 2 rings (SSSR count). The van der Waals surface area contributed by atoms with E-state index in [-0.39, 0.29) is 11.9 Å². The van der Waals surface area contributed by atoms with Gasteiger partial charge in [0.2, 0.25) is 0 Å². The molecular weight excluding hydrogens is 350 g/mol. The molecule has 0 aliphatic carbocycles. The van der Waals surface area contributed by atoms with Crippen LogP contribution in [0.5, 0.6) is 0 Å². The Bertz CT molecular complexity index is 662. The molecule has 0 unspecified atom stereocenters. The third kappa shape index (κ3) is 4.44. The van der Waals surface area contributed by atoms with Gasteiger partial charge in [-0.3, -0.25) is 4.79 Å². The fourth-order valence-corrected chi connectivity index (χ4v) is 3.05. The molecule has 1 N–H and O–H groups in total. The first kappa shape index (κ1) is 17.7. The molecule has 0 aliphatic heterocycles. The van der Waals surface area contributed by atoms with Crippen LogP contribution in [0.1, 0.15) is 61.1 Å². The third-order valence-corrected chi connectivity index (χ3v) is 4.73. The second kappa shape index (κ2) is 7.78. The van der Waals surface area contributed by atoms with Crippen LogP contribution in [0.4, 0.5) is 0 Å². The summed E-state index contributed by atoms with van der Waals surface area (Å²) in [6.07, 6.45) is 0. The fourth-order valence-electron chi connectivity index (χ4n) is 2.59. The first-order chi connectivity index (χ1) is 10.9. The smallest absolute Gasteiger partial charge is 0.252 e. The topological polar surface area (TPSA) is 29.1 Å². The molecule has 0 heterocycles. The third-order valence-electron chi connectivity index (χ3n) is 4.03. The second-order valence-electron chi connectivity index (χ2n) is 6.50. The maximum Gasteiger partial charge on any atom is 0.252 e. The van der Waals surface area contributed by atoms with Crippen molar-refractivity contribution in [3.05, 3.63) is 69.7 Å². The molecule has 0 bridgehead atoms. The van der Waals surface area contributed by atoms with Crippen LogP contribution in [0.3, 0.4) is 0 Å². The quantitative estimate of drug-likeness (QED) is 0.715. The number of nitrogens with one attached hydrogen (secondary N) is 1. The lowest BCUT2D eigenvalue weighted by Gasteiger charge is -2.24. The summed E-state index contributed by atoms with van der Waals surface area (Å²) in [4.78, 5) is 12.6. The first-order valence-corrected chi connectivity index (χ1v) is 8.84. The van der Waals surface area contributed by atoms with Crippen molar-refractivity contribution in [2.24, 2.45) is 5.92 Å². The summed E-state index contributed by atoms with van der Waals surface area (Å²) in [5, 5.41) is 3.17. The van der Waals surface area contributed by atoms with Crippen LogP contribution >= 0.6 is 15.9 Å². The number of amides is 1. The number of hydrogen-bond donors (Lipinski definition) is 1. The first-order valence-electron chi connectivity index (χ1n) is 8.05. The van der Waals surface area contributed by atoms with E-state index >= 15 is 0 Å². The molecule has 2 aromatic carbocycles. The molecule has 2 aromatic rings. The van der Waals surface area contributed by atoms with Gasteiger partial charge in [-0.15, -0.1) is 0 Å². The molecule has 0 saturated heterocycles. The lowest BCUT2D eigenvalue weighted by atomic mass is 9.93. The van der Waals surface area contributed by atoms with Gasteiger partial charge in [-0.2, -0.15) is 0 Å². The highest BCUT2D eigenvalue weighted by molar-refractivity contribution is 9.10. The Morgan fingerprint density at radius 1 is 0.913 bits per heavy atom. The number of rotatable bonds is 5. The van der Waals surface area contributed by atoms with Gasteiger partial charge in [0.05, 0.1) is 11.6 Å². The van der Waals surface area contributed by atoms with Crippen LogP contribution in [-0.2, 0) is 0 Å². The van der Waals surface area contributed by atoms with Crippen molar-refractivity contribution in [1.29, 1.82) is 0 Å². The van der Waals surface area contributed by atoms with Crippen molar-refractivity contribution in [2.45, 2.75) is 39.7 Å². The Hall–Kier alpha value is -1.61. The summed E-state index contributed by atoms with van der Waals surface area (Å²) in [6, 6.07) is 16.1. The van der Waals surface area contributed by atoms with Gasteiger partial charge in [0.25, 0.3) is 5.91 Å². The van der Waals surface area contributed by atoms with Gasteiger partial charge >= 0.3 is 0 Å². The van der Waals surface area contributed by atoms with Gasteiger partial charge < -0.3 is 5.32 Å². The standard InChI is InChI=1S/C20H24BrNO/c1-13(2)15-9-11-16(12-10-15)19(14(3)4)22-20(23)17-7-5-6-8-18(17)21/h5-14,19H,1-4H3,(H,22,23)/t19-/m0/s1. The lowest BCUT2D eigenvalue weighted by Crippen LogP contribution is -2.32. The molecule has 0 radical (unpaired) electrons. The molecule has 1 amide bonds. The summed E-state index contributed by atoms with van der Waals surface area (Å²) < 4.78 is 0.815. The highest BCUT2D eigenvalue weighted by Gasteiger charge is 2.20. The van der Waals surface area contributed by atoms with Gasteiger partial charge in [-0.05, 0) is 51.0 Å². The molecular formula is C20H24BrNO. The SMILES string of the molecule is CC(C)c1ccc([C@@H](NC(=O)c2ccccc2Br)C(C)C)cc1. The molecule has 0 aromatic heterocycles. The molecule has 0 saturated carbocycles. The monoisotopic (exact) mass is 373 g/mol. The van der Waals surface area contributed by atoms with Crippen molar-refractivity contribution in [3.8, 4) is 0 Å². The van der Waals surface area contributed by atoms with Crippen LogP contribution in [0.15, 0.2) is 53.0 Å². The van der Waals surface area contributed by atoms with E-state index in [4.69, 9.17) is 0 Å². The second-order valence-corrected chi connectivity index (χ2v) is 7.35. The van der Waals surface area contributed by atoms with Crippen molar-refractivity contribution in [2.75, 3.05) is 0 Å². The van der Waals surface area contributed by atoms with E-state index in [0.29, 0.717) is 17.4 Å². The lowest BCUT2D eigenvalue weighted by molar-refractivity contribution is 0.0925. The van der Waals surface area contributed by atoms with E-state index in [1.54, 1.807) is 0 Å². The molecule has 23 heavy (non-hydrogen) atoms. The maximum atomic E-state index is 12.6. The molecule has 0 spiro atoms. The Labute approximate surface area is 147 Å². The Morgan fingerprint density at radius 2 is 1.48 bits per heavy atom. The molecule has 122 valence electrons. The van der Waals surface area contributed by atoms with Crippen molar-refractivity contribution in [1.82, 2.24) is 5.32 Å². The number of halogens is 1. The summed E-state index contributed by atoms with van der Waals surface area (Å²) in [5.41, 5.74) is 3.12. The maximum absolute atomic E-state index is 12.6. The number of benzene rings is 2. The minimum absolute atomic E-state index is 0.00387. The largest absolute Gasteiger partial charge is 0.345 e. The van der Waals surface area contributed by atoms with Crippen molar-refractivity contribution in [3.63, 3.8) is 0 Å². The summed E-state index contributed by atoms with van der Waals surface area (Å²) >= 11 is 3.44. The van der Waals surface area contributed by atoms with Crippen LogP contribution in [-0.4, -0.2) is 5.91 Å². The normalized spacial score (nSPS) is 12.5. The zero-order chi connectivity index (χ0) is 17.0. The average Bonchev–Trinajstić information content (AvgIpc) is 2.52. The minimum Gasteiger partial charge on any atom is -0.345 e. The van der Waals surface area contributed by atoms with Crippen LogP contribution in [0.2, 0.25) is 0 Å². The predicted molar refractivity (Wildman–Crippen MR) is 99.7 cm³/mol. The molecule has 2 nitrogen and oxygen atoms in total. The number of hydrogen-bond acceptors (Lipinski definition) is 1. The predicted octanol–water partition coefficient (Wildman–Crippen LogP) is 5.70. The Kier molecular flexibility index (Phi) is 6.00. The van der Waals surface area contributed by atoms with Crippen LogP contribution in [0, 0.1) is 5.92 Å². The van der Waals surface area contributed by atoms with E-state index in [2.05, 4.69) is 73.2 Å². The minimum atomic E-state index is -0.0517. The van der Waals surface area contributed by atoms with Crippen LogP contribution < -0.4 is 5.32 Å². The Balaban J connectivity index is 2.22. The summed E-state index contributed by atoms with van der Waals surface area (Å²) in [5.74, 6) is 0.770. The van der Waals surface area contributed by atoms with Gasteiger partial charge in [0.1, 0.15) is 0 Å². The molecule has 0 aliphatic rings. The molecule has 3 heteroatoms. The Morgan fingerprint density at radius 3 is 2.00 bits per heavy atom. The van der Waals surface area contributed by atoms with E-state index < -0.39 is 0 Å². The van der Waals surface area contributed by atoms with E-state index in [1.807, 2.05) is 24.3 Å². The van der Waals surface area contributed by atoms with E-state index in [1.165, 1.54) is 5.56 Å². The van der Waals surface area contributed by atoms with Gasteiger partial charge in [0.15, 0.2) is 0 Å². The van der Waals surface area contributed by atoms with Gasteiger partial charge in [-0.25, -0.2) is 0 Å². The summed E-state index contributed by atoms with van der Waals surface area (Å²) in [7, 11) is 0. The molecule has 0 fully saturated rings. The number of carbonyl (C=O) groups excluding carboxylic acids is 1. The molecule has 1 atom stereocenters. The van der Waals surface area contributed by atoms with E-state index in [9.17, 15) is 4.79 Å². The summed E-state index contributed by atoms with van der Waals surface area (Å²) in [6.45, 7) is 8.62.